The molecule has 0 amide bonds. The minimum Gasteiger partial charge on any atom is -0.343 e. The number of para-hydroxylation sites is 1. The largest absolute Gasteiger partial charge is 0.343 e. The summed E-state index contributed by atoms with van der Waals surface area (Å²) >= 11 is 0. The van der Waals surface area contributed by atoms with Gasteiger partial charge in [-0.2, -0.15) is 5.10 Å². The number of hydrogen-bond donors (Lipinski definition) is 1. The van der Waals surface area contributed by atoms with E-state index in [1.54, 1.807) is 12.4 Å². The van der Waals surface area contributed by atoms with Crippen LogP contribution in [0.15, 0.2) is 72.7 Å². The van der Waals surface area contributed by atoms with Crippen LogP contribution in [0.3, 0.4) is 0 Å². The molecule has 0 bridgehead atoms. The summed E-state index contributed by atoms with van der Waals surface area (Å²) in [5.41, 5.74) is 6.17. The van der Waals surface area contributed by atoms with Gasteiger partial charge in [0.25, 0.3) is 0 Å². The minimum absolute atomic E-state index is 0.784. The lowest BCUT2D eigenvalue weighted by atomic mass is 10.2. The Labute approximate surface area is 123 Å². The van der Waals surface area contributed by atoms with Crippen LogP contribution in [0.5, 0.6) is 0 Å². The standard InChI is InChI=1S/C17H16N4/c1-2-11-21-13-14(16-5-3-4-6-17(16)21)12-19-20-15-7-9-18-10-8-15/h2-10,12-13H,1,11H2,(H,18,20)/b19-12-. The number of pyridine rings is 1. The summed E-state index contributed by atoms with van der Waals surface area (Å²) < 4.78 is 2.16. The van der Waals surface area contributed by atoms with E-state index in [-0.39, 0.29) is 0 Å². The van der Waals surface area contributed by atoms with Gasteiger partial charge in [0, 0.05) is 41.6 Å². The van der Waals surface area contributed by atoms with Crippen molar-refractivity contribution in [2.24, 2.45) is 5.10 Å². The first-order chi connectivity index (χ1) is 10.4. The Bertz CT molecular complexity index is 772. The fourth-order valence-electron chi connectivity index (χ4n) is 2.27. The third-order valence-corrected chi connectivity index (χ3v) is 3.22. The number of rotatable bonds is 5. The van der Waals surface area contributed by atoms with E-state index in [4.69, 9.17) is 0 Å². The van der Waals surface area contributed by atoms with E-state index in [0.29, 0.717) is 0 Å². The molecule has 4 nitrogen and oxygen atoms in total. The van der Waals surface area contributed by atoms with E-state index < -0.39 is 0 Å². The van der Waals surface area contributed by atoms with Gasteiger partial charge in [-0.05, 0) is 18.2 Å². The molecule has 0 saturated heterocycles. The van der Waals surface area contributed by atoms with Crippen LogP contribution in [0.4, 0.5) is 5.69 Å². The number of nitrogens with zero attached hydrogens (tertiary/aromatic N) is 3. The SMILES string of the molecule is C=CCn1cc(/C=N\Nc2ccncc2)c2ccccc21. The summed E-state index contributed by atoms with van der Waals surface area (Å²) in [5, 5.41) is 5.47. The van der Waals surface area contributed by atoms with Gasteiger partial charge in [-0.3, -0.25) is 10.4 Å². The van der Waals surface area contributed by atoms with Crippen LogP contribution in [0.25, 0.3) is 10.9 Å². The Balaban J connectivity index is 1.88. The second-order valence-electron chi connectivity index (χ2n) is 4.65. The molecule has 0 aliphatic carbocycles. The first kappa shape index (κ1) is 13.1. The number of nitrogens with one attached hydrogen (secondary N) is 1. The van der Waals surface area contributed by atoms with Gasteiger partial charge in [-0.25, -0.2) is 0 Å². The van der Waals surface area contributed by atoms with Crippen molar-refractivity contribution in [3.63, 3.8) is 0 Å². The predicted octanol–water partition coefficient (Wildman–Crippen LogP) is 3.67. The molecule has 0 saturated carbocycles. The van der Waals surface area contributed by atoms with Gasteiger partial charge in [0.05, 0.1) is 11.9 Å². The Morgan fingerprint density at radius 3 is 2.81 bits per heavy atom. The maximum atomic E-state index is 4.29. The number of allylic oxidation sites excluding steroid dienone is 1. The maximum absolute atomic E-state index is 4.29. The van der Waals surface area contributed by atoms with Gasteiger partial charge in [-0.1, -0.05) is 24.3 Å². The molecule has 0 fully saturated rings. The highest BCUT2D eigenvalue weighted by Crippen LogP contribution is 2.20. The van der Waals surface area contributed by atoms with Crippen LogP contribution in [0.2, 0.25) is 0 Å². The molecule has 0 atom stereocenters. The molecule has 1 N–H and O–H groups in total. The highest BCUT2D eigenvalue weighted by Gasteiger charge is 2.04. The Morgan fingerprint density at radius 1 is 1.19 bits per heavy atom. The van der Waals surface area contributed by atoms with Crippen molar-refractivity contribution in [2.45, 2.75) is 6.54 Å². The van der Waals surface area contributed by atoms with Crippen molar-refractivity contribution in [1.82, 2.24) is 9.55 Å². The van der Waals surface area contributed by atoms with Crippen LogP contribution < -0.4 is 5.43 Å². The highest BCUT2D eigenvalue weighted by atomic mass is 15.3. The highest BCUT2D eigenvalue weighted by molar-refractivity contribution is 5.99. The van der Waals surface area contributed by atoms with Crippen LogP contribution >= 0.6 is 0 Å². The molecule has 2 aromatic heterocycles. The molecule has 3 aromatic rings. The van der Waals surface area contributed by atoms with Gasteiger partial charge in [-0.15, -0.1) is 6.58 Å². The van der Waals surface area contributed by atoms with Gasteiger partial charge in [0.1, 0.15) is 0 Å². The summed E-state index contributed by atoms with van der Waals surface area (Å²) in [6, 6.07) is 12.0. The number of hydrogen-bond acceptors (Lipinski definition) is 3. The number of anilines is 1. The fourth-order valence-corrected chi connectivity index (χ4v) is 2.27. The maximum Gasteiger partial charge on any atom is 0.0592 e. The molecular weight excluding hydrogens is 260 g/mol. The van der Waals surface area contributed by atoms with Crippen molar-refractivity contribution in [3.8, 4) is 0 Å². The fraction of sp³-hybridized carbons (Fsp3) is 0.0588. The molecule has 21 heavy (non-hydrogen) atoms. The van der Waals surface area contributed by atoms with Crippen LogP contribution in [-0.4, -0.2) is 15.8 Å². The number of aromatic nitrogens is 2. The predicted molar refractivity (Wildman–Crippen MR) is 87.6 cm³/mol. The van der Waals surface area contributed by atoms with Gasteiger partial charge in [0.2, 0.25) is 0 Å². The van der Waals surface area contributed by atoms with E-state index >= 15 is 0 Å². The van der Waals surface area contributed by atoms with E-state index in [2.05, 4.69) is 45.0 Å². The van der Waals surface area contributed by atoms with Crippen molar-refractivity contribution >= 4 is 22.8 Å². The minimum atomic E-state index is 0.784. The zero-order valence-electron chi connectivity index (χ0n) is 11.6. The molecule has 0 aliphatic heterocycles. The number of benzene rings is 1. The second kappa shape index (κ2) is 6.05. The van der Waals surface area contributed by atoms with Crippen LogP contribution in [0.1, 0.15) is 5.56 Å². The molecule has 3 rings (SSSR count). The van der Waals surface area contributed by atoms with Crippen molar-refractivity contribution < 1.29 is 0 Å². The molecule has 1 aromatic carbocycles. The Morgan fingerprint density at radius 2 is 2.00 bits per heavy atom. The van der Waals surface area contributed by atoms with Gasteiger partial charge < -0.3 is 4.57 Å². The van der Waals surface area contributed by atoms with E-state index in [9.17, 15) is 0 Å². The average molecular weight is 276 g/mol. The average Bonchev–Trinajstić information content (AvgIpc) is 2.87. The van der Waals surface area contributed by atoms with E-state index in [1.165, 1.54) is 10.9 Å². The normalized spacial score (nSPS) is 11.0. The Hall–Kier alpha value is -2.88. The molecule has 4 heteroatoms. The lowest BCUT2D eigenvalue weighted by Gasteiger charge is -1.98. The Kier molecular flexibility index (Phi) is 3.78. The third kappa shape index (κ3) is 2.84. The molecular formula is C17H16N4. The lowest BCUT2D eigenvalue weighted by Crippen LogP contribution is -1.92. The first-order valence-corrected chi connectivity index (χ1v) is 6.76. The van der Waals surface area contributed by atoms with Gasteiger partial charge >= 0.3 is 0 Å². The van der Waals surface area contributed by atoms with Crippen molar-refractivity contribution in [1.29, 1.82) is 0 Å². The summed E-state index contributed by atoms with van der Waals surface area (Å²) in [5.74, 6) is 0. The van der Waals surface area contributed by atoms with Gasteiger partial charge in [0.15, 0.2) is 0 Å². The van der Waals surface area contributed by atoms with E-state index in [0.717, 1.165) is 17.8 Å². The molecule has 0 radical (unpaired) electrons. The zero-order chi connectivity index (χ0) is 14.5. The molecule has 2 heterocycles. The smallest absolute Gasteiger partial charge is 0.0592 e. The summed E-state index contributed by atoms with van der Waals surface area (Å²) in [6.45, 7) is 4.58. The lowest BCUT2D eigenvalue weighted by molar-refractivity contribution is 0.865. The first-order valence-electron chi connectivity index (χ1n) is 6.76. The number of hydrazone groups is 1. The summed E-state index contributed by atoms with van der Waals surface area (Å²) in [6.07, 6.45) is 9.27. The van der Waals surface area contributed by atoms with Crippen molar-refractivity contribution in [3.05, 3.63) is 73.2 Å². The summed E-state index contributed by atoms with van der Waals surface area (Å²) in [7, 11) is 0. The molecule has 0 spiro atoms. The monoisotopic (exact) mass is 276 g/mol. The zero-order valence-corrected chi connectivity index (χ0v) is 11.6. The van der Waals surface area contributed by atoms with Crippen molar-refractivity contribution in [2.75, 3.05) is 5.43 Å². The van der Waals surface area contributed by atoms with Crippen LogP contribution in [0, 0.1) is 0 Å². The topological polar surface area (TPSA) is 42.2 Å². The second-order valence-corrected chi connectivity index (χ2v) is 4.65. The molecule has 104 valence electrons. The third-order valence-electron chi connectivity index (χ3n) is 3.22. The van der Waals surface area contributed by atoms with E-state index in [1.807, 2.05) is 36.6 Å². The summed E-state index contributed by atoms with van der Waals surface area (Å²) in [4.78, 5) is 3.97. The quantitative estimate of drug-likeness (QED) is 0.439. The number of fused-ring (bicyclic) bond motifs is 1. The van der Waals surface area contributed by atoms with Crippen LogP contribution in [-0.2, 0) is 6.54 Å². The molecule has 0 unspecified atom stereocenters. The molecule has 0 aliphatic rings.